The predicted molar refractivity (Wildman–Crippen MR) is 91.1 cm³/mol. The van der Waals surface area contributed by atoms with Crippen LogP contribution in [0.15, 0.2) is 42.5 Å². The highest BCUT2D eigenvalue weighted by atomic mass is 16.3. The summed E-state index contributed by atoms with van der Waals surface area (Å²) >= 11 is 0. The molecule has 4 rings (SSSR count). The highest BCUT2D eigenvalue weighted by molar-refractivity contribution is 6.08. The van der Waals surface area contributed by atoms with E-state index in [0.29, 0.717) is 6.54 Å². The van der Waals surface area contributed by atoms with Crippen molar-refractivity contribution in [3.8, 4) is 0 Å². The zero-order valence-electron chi connectivity index (χ0n) is 12.9. The summed E-state index contributed by atoms with van der Waals surface area (Å²) in [7, 11) is 1.86. The Morgan fingerprint density at radius 3 is 2.68 bits per heavy atom. The second kappa shape index (κ2) is 5.41. The molecule has 2 N–H and O–H groups in total. The standard InChI is InChI=1S/C19H22N2O/c1-20-11-19(22)14-8-9-18-16(10-14)15-4-2-3-5-17(15)21(18)12-13-6-7-13/h2-5,8-10,13,19-20,22H,6-7,11-12H2,1H3. The number of para-hydroxylation sites is 1. The molecule has 1 aromatic heterocycles. The third kappa shape index (κ3) is 2.31. The first-order chi connectivity index (χ1) is 10.8. The van der Waals surface area contributed by atoms with Gasteiger partial charge in [-0.2, -0.15) is 0 Å². The Morgan fingerprint density at radius 2 is 1.91 bits per heavy atom. The van der Waals surface area contributed by atoms with Gasteiger partial charge < -0.3 is 15.0 Å². The molecule has 0 amide bonds. The second-order valence-electron chi connectivity index (χ2n) is 6.42. The first kappa shape index (κ1) is 13.8. The molecule has 3 nitrogen and oxygen atoms in total. The van der Waals surface area contributed by atoms with Crippen LogP contribution in [0.5, 0.6) is 0 Å². The fourth-order valence-corrected chi connectivity index (χ4v) is 3.35. The normalized spacial score (nSPS) is 16.5. The number of aromatic nitrogens is 1. The van der Waals surface area contributed by atoms with Gasteiger partial charge in [-0.1, -0.05) is 24.3 Å². The maximum atomic E-state index is 10.2. The van der Waals surface area contributed by atoms with E-state index >= 15 is 0 Å². The molecule has 1 aliphatic rings. The van der Waals surface area contributed by atoms with Crippen molar-refractivity contribution in [2.45, 2.75) is 25.5 Å². The average Bonchev–Trinajstić information content (AvgIpc) is 3.31. The van der Waals surface area contributed by atoms with Crippen LogP contribution in [0.4, 0.5) is 0 Å². The largest absolute Gasteiger partial charge is 0.387 e. The summed E-state index contributed by atoms with van der Waals surface area (Å²) < 4.78 is 2.45. The van der Waals surface area contributed by atoms with E-state index in [9.17, 15) is 5.11 Å². The van der Waals surface area contributed by atoms with Crippen LogP contribution in [0.1, 0.15) is 24.5 Å². The summed E-state index contributed by atoms with van der Waals surface area (Å²) in [5.74, 6) is 0.841. The van der Waals surface area contributed by atoms with E-state index in [1.807, 2.05) is 7.05 Å². The van der Waals surface area contributed by atoms with Crippen LogP contribution in [0.3, 0.4) is 0 Å². The molecule has 1 fully saturated rings. The number of likely N-dealkylation sites (N-methyl/N-ethyl adjacent to an activating group) is 1. The Kier molecular flexibility index (Phi) is 3.40. The Labute approximate surface area is 130 Å². The lowest BCUT2D eigenvalue weighted by atomic mass is 10.1. The van der Waals surface area contributed by atoms with Crippen LogP contribution in [0.25, 0.3) is 21.8 Å². The van der Waals surface area contributed by atoms with E-state index in [4.69, 9.17) is 0 Å². The summed E-state index contributed by atoms with van der Waals surface area (Å²) in [5, 5.41) is 15.8. The van der Waals surface area contributed by atoms with Crippen molar-refractivity contribution in [3.63, 3.8) is 0 Å². The molecule has 3 heteroatoms. The van der Waals surface area contributed by atoms with Gasteiger partial charge in [-0.05, 0) is 49.6 Å². The molecule has 114 valence electrons. The molecule has 22 heavy (non-hydrogen) atoms. The van der Waals surface area contributed by atoms with Gasteiger partial charge in [-0.15, -0.1) is 0 Å². The molecule has 0 bridgehead atoms. The average molecular weight is 294 g/mol. The summed E-state index contributed by atoms with van der Waals surface area (Å²) in [4.78, 5) is 0. The van der Waals surface area contributed by atoms with Crippen molar-refractivity contribution in [3.05, 3.63) is 48.0 Å². The van der Waals surface area contributed by atoms with Gasteiger partial charge in [-0.25, -0.2) is 0 Å². The molecule has 1 saturated carbocycles. The lowest BCUT2D eigenvalue weighted by Crippen LogP contribution is -2.16. The van der Waals surface area contributed by atoms with Crippen molar-refractivity contribution in [2.24, 2.45) is 5.92 Å². The highest BCUT2D eigenvalue weighted by Crippen LogP contribution is 2.36. The van der Waals surface area contributed by atoms with E-state index in [1.165, 1.54) is 34.6 Å². The molecule has 1 atom stereocenters. The number of aliphatic hydroxyl groups excluding tert-OH is 1. The Bertz CT molecular complexity index is 817. The zero-order valence-corrected chi connectivity index (χ0v) is 12.9. The van der Waals surface area contributed by atoms with Gasteiger partial charge in [0.1, 0.15) is 0 Å². The maximum Gasteiger partial charge on any atom is 0.0914 e. The molecule has 2 aromatic carbocycles. The third-order valence-corrected chi connectivity index (χ3v) is 4.72. The maximum absolute atomic E-state index is 10.2. The number of hydrogen-bond donors (Lipinski definition) is 2. The minimum atomic E-state index is -0.458. The molecule has 1 unspecified atom stereocenters. The van der Waals surface area contributed by atoms with E-state index in [0.717, 1.165) is 18.0 Å². The van der Waals surface area contributed by atoms with Gasteiger partial charge in [0.2, 0.25) is 0 Å². The van der Waals surface area contributed by atoms with Crippen LogP contribution in [-0.2, 0) is 6.54 Å². The van der Waals surface area contributed by atoms with Crippen LogP contribution >= 0.6 is 0 Å². The third-order valence-electron chi connectivity index (χ3n) is 4.72. The van der Waals surface area contributed by atoms with Gasteiger partial charge in [0.05, 0.1) is 6.10 Å². The Balaban J connectivity index is 1.90. The second-order valence-corrected chi connectivity index (χ2v) is 6.42. The topological polar surface area (TPSA) is 37.2 Å². The zero-order chi connectivity index (χ0) is 15.1. The van der Waals surface area contributed by atoms with Crippen LogP contribution in [0.2, 0.25) is 0 Å². The minimum Gasteiger partial charge on any atom is -0.387 e. The highest BCUT2D eigenvalue weighted by Gasteiger charge is 2.23. The van der Waals surface area contributed by atoms with Crippen molar-refractivity contribution in [1.29, 1.82) is 0 Å². The molecule has 0 saturated heterocycles. The molecule has 1 heterocycles. The number of aliphatic hydroxyl groups is 1. The number of hydrogen-bond acceptors (Lipinski definition) is 2. The molecule has 0 aliphatic heterocycles. The van der Waals surface area contributed by atoms with Crippen molar-refractivity contribution >= 4 is 21.8 Å². The Hall–Kier alpha value is -1.84. The quantitative estimate of drug-likeness (QED) is 0.756. The van der Waals surface area contributed by atoms with E-state index < -0.39 is 6.10 Å². The number of benzene rings is 2. The summed E-state index contributed by atoms with van der Waals surface area (Å²) in [6.07, 6.45) is 2.25. The number of nitrogens with one attached hydrogen (secondary N) is 1. The molecular weight excluding hydrogens is 272 g/mol. The van der Waals surface area contributed by atoms with Crippen LogP contribution in [-0.4, -0.2) is 23.3 Å². The van der Waals surface area contributed by atoms with Gasteiger partial charge in [0, 0.05) is 34.9 Å². The molecule has 0 radical (unpaired) electrons. The SMILES string of the molecule is CNCC(O)c1ccc2c(c1)c1ccccc1n2CC1CC1. The summed E-state index contributed by atoms with van der Waals surface area (Å²) in [5.41, 5.74) is 3.58. The fourth-order valence-electron chi connectivity index (χ4n) is 3.35. The molecular formula is C19H22N2O. The lowest BCUT2D eigenvalue weighted by Gasteiger charge is -2.11. The number of rotatable bonds is 5. The van der Waals surface area contributed by atoms with E-state index in [-0.39, 0.29) is 0 Å². The van der Waals surface area contributed by atoms with Crippen LogP contribution < -0.4 is 5.32 Å². The molecule has 1 aliphatic carbocycles. The fraction of sp³-hybridized carbons (Fsp3) is 0.368. The van der Waals surface area contributed by atoms with Gasteiger partial charge in [0.25, 0.3) is 0 Å². The molecule has 3 aromatic rings. The smallest absolute Gasteiger partial charge is 0.0914 e. The molecule has 0 spiro atoms. The minimum absolute atomic E-state index is 0.458. The number of fused-ring (bicyclic) bond motifs is 3. The predicted octanol–water partition coefficient (Wildman–Crippen LogP) is 3.46. The van der Waals surface area contributed by atoms with E-state index in [1.54, 1.807) is 0 Å². The first-order valence-corrected chi connectivity index (χ1v) is 8.11. The van der Waals surface area contributed by atoms with Gasteiger partial charge in [-0.3, -0.25) is 0 Å². The van der Waals surface area contributed by atoms with E-state index in [2.05, 4.69) is 52.3 Å². The van der Waals surface area contributed by atoms with Crippen LogP contribution in [0, 0.1) is 5.92 Å². The first-order valence-electron chi connectivity index (χ1n) is 8.11. The summed E-state index contributed by atoms with van der Waals surface area (Å²) in [6.45, 7) is 1.69. The van der Waals surface area contributed by atoms with Gasteiger partial charge in [0.15, 0.2) is 0 Å². The van der Waals surface area contributed by atoms with Crippen molar-refractivity contribution < 1.29 is 5.11 Å². The number of nitrogens with zero attached hydrogens (tertiary/aromatic N) is 1. The van der Waals surface area contributed by atoms with Crippen molar-refractivity contribution in [2.75, 3.05) is 13.6 Å². The Morgan fingerprint density at radius 1 is 1.14 bits per heavy atom. The monoisotopic (exact) mass is 294 g/mol. The van der Waals surface area contributed by atoms with Gasteiger partial charge >= 0.3 is 0 Å². The summed E-state index contributed by atoms with van der Waals surface area (Å²) in [6, 6.07) is 15.0. The lowest BCUT2D eigenvalue weighted by molar-refractivity contribution is 0.178. The van der Waals surface area contributed by atoms with Crippen molar-refractivity contribution in [1.82, 2.24) is 9.88 Å².